The maximum atomic E-state index is 11.8. The molecule has 2 nitrogen and oxygen atoms in total. The number of carbonyl (C=O) groups excluding carboxylic acids is 1. The summed E-state index contributed by atoms with van der Waals surface area (Å²) in [6, 6.07) is 9.70. The van der Waals surface area contributed by atoms with Gasteiger partial charge >= 0.3 is 5.97 Å². The van der Waals surface area contributed by atoms with Crippen LogP contribution in [0.3, 0.4) is 0 Å². The average molecular weight is 232 g/mol. The Kier molecular flexibility index (Phi) is 4.95. The number of benzene rings is 1. The van der Waals surface area contributed by atoms with Crippen LogP contribution < -0.4 is 0 Å². The molecule has 2 heteroatoms. The lowest BCUT2D eigenvalue weighted by Gasteiger charge is -2.17. The van der Waals surface area contributed by atoms with E-state index in [1.807, 2.05) is 51.1 Å². The third-order valence-corrected chi connectivity index (χ3v) is 3.02. The molecule has 0 amide bonds. The summed E-state index contributed by atoms with van der Waals surface area (Å²) < 4.78 is 5.38. The van der Waals surface area contributed by atoms with Crippen molar-refractivity contribution in [3.05, 3.63) is 48.0 Å². The predicted molar refractivity (Wildman–Crippen MR) is 69.5 cm³/mol. The van der Waals surface area contributed by atoms with Gasteiger partial charge in [-0.2, -0.15) is 0 Å². The fourth-order valence-corrected chi connectivity index (χ4v) is 1.48. The highest BCUT2D eigenvalue weighted by atomic mass is 16.5. The minimum absolute atomic E-state index is 0.172. The highest BCUT2D eigenvalue weighted by Gasteiger charge is 2.17. The van der Waals surface area contributed by atoms with Crippen molar-refractivity contribution in [1.29, 1.82) is 0 Å². The van der Waals surface area contributed by atoms with Gasteiger partial charge in [0.15, 0.2) is 0 Å². The van der Waals surface area contributed by atoms with E-state index in [0.29, 0.717) is 5.57 Å². The first kappa shape index (κ1) is 13.5. The molecular weight excluding hydrogens is 212 g/mol. The molecule has 2 unspecified atom stereocenters. The number of hydrogen-bond donors (Lipinski definition) is 0. The summed E-state index contributed by atoms with van der Waals surface area (Å²) in [5.74, 6) is -0.124. The Labute approximate surface area is 103 Å². The van der Waals surface area contributed by atoms with Crippen LogP contribution in [0.5, 0.6) is 0 Å². The van der Waals surface area contributed by atoms with E-state index in [9.17, 15) is 4.79 Å². The second-order valence-electron chi connectivity index (χ2n) is 4.29. The molecule has 0 bridgehead atoms. The Hall–Kier alpha value is -1.57. The molecule has 0 fully saturated rings. The van der Waals surface area contributed by atoms with E-state index in [2.05, 4.69) is 6.58 Å². The molecule has 0 aromatic heterocycles. The fourth-order valence-electron chi connectivity index (χ4n) is 1.48. The Morgan fingerprint density at radius 1 is 1.29 bits per heavy atom. The zero-order chi connectivity index (χ0) is 12.8. The molecule has 0 saturated carbocycles. The maximum absolute atomic E-state index is 11.8. The Morgan fingerprint density at radius 2 is 1.88 bits per heavy atom. The van der Waals surface area contributed by atoms with Gasteiger partial charge in [0.2, 0.25) is 0 Å². The second-order valence-corrected chi connectivity index (χ2v) is 4.29. The summed E-state index contributed by atoms with van der Waals surface area (Å²) >= 11 is 0. The third-order valence-electron chi connectivity index (χ3n) is 3.02. The Balaban J connectivity index is 2.61. The maximum Gasteiger partial charge on any atom is 0.334 e. The van der Waals surface area contributed by atoms with Crippen molar-refractivity contribution in [3.8, 4) is 0 Å². The van der Waals surface area contributed by atoms with Crippen molar-refractivity contribution >= 4 is 5.97 Å². The molecule has 1 aromatic rings. The third kappa shape index (κ3) is 3.74. The predicted octanol–water partition coefficient (Wildman–Crippen LogP) is 3.89. The molecule has 2 atom stereocenters. The number of carbonyl (C=O) groups is 1. The summed E-state index contributed by atoms with van der Waals surface area (Å²) in [7, 11) is 0. The lowest BCUT2D eigenvalue weighted by molar-refractivity contribution is -0.144. The Morgan fingerprint density at radius 3 is 2.41 bits per heavy atom. The minimum Gasteiger partial charge on any atom is -0.454 e. The number of esters is 1. The van der Waals surface area contributed by atoms with Crippen LogP contribution in [0.4, 0.5) is 0 Å². The SMILES string of the molecule is C=C(C(=O)OC(C)c1ccccc1)C(C)CC. The van der Waals surface area contributed by atoms with Crippen molar-refractivity contribution in [2.24, 2.45) is 5.92 Å². The minimum atomic E-state index is -0.296. The van der Waals surface area contributed by atoms with Gasteiger partial charge in [0.25, 0.3) is 0 Å². The first-order valence-corrected chi connectivity index (χ1v) is 6.01. The molecule has 0 spiro atoms. The van der Waals surface area contributed by atoms with Crippen LogP contribution in [0.25, 0.3) is 0 Å². The highest BCUT2D eigenvalue weighted by molar-refractivity contribution is 5.88. The van der Waals surface area contributed by atoms with Gasteiger partial charge in [-0.3, -0.25) is 0 Å². The van der Waals surface area contributed by atoms with E-state index >= 15 is 0 Å². The van der Waals surface area contributed by atoms with Gasteiger partial charge in [0.05, 0.1) is 0 Å². The summed E-state index contributed by atoms with van der Waals surface area (Å²) in [6.45, 7) is 9.68. The lowest BCUT2D eigenvalue weighted by Crippen LogP contribution is -2.15. The van der Waals surface area contributed by atoms with E-state index < -0.39 is 0 Å². The lowest BCUT2D eigenvalue weighted by atomic mass is 10.0. The van der Waals surface area contributed by atoms with Crippen molar-refractivity contribution in [3.63, 3.8) is 0 Å². The molecule has 1 aromatic carbocycles. The summed E-state index contributed by atoms with van der Waals surface area (Å²) in [6.07, 6.45) is 0.665. The van der Waals surface area contributed by atoms with Crippen LogP contribution in [0, 0.1) is 5.92 Å². The molecule has 1 rings (SSSR count). The van der Waals surface area contributed by atoms with Crippen LogP contribution in [-0.4, -0.2) is 5.97 Å². The van der Waals surface area contributed by atoms with Crippen LogP contribution in [0.2, 0.25) is 0 Å². The molecule has 0 N–H and O–H groups in total. The second kappa shape index (κ2) is 6.24. The largest absolute Gasteiger partial charge is 0.454 e. The summed E-state index contributed by atoms with van der Waals surface area (Å²) in [4.78, 5) is 11.8. The molecule has 0 radical (unpaired) electrons. The molecule has 92 valence electrons. The standard InChI is InChI=1S/C15H20O2/c1-5-11(2)12(3)15(16)17-13(4)14-9-7-6-8-10-14/h6-11,13H,3,5H2,1-2,4H3. The fraction of sp³-hybridized carbons (Fsp3) is 0.400. The number of hydrogen-bond acceptors (Lipinski definition) is 2. The average Bonchev–Trinajstić information content (AvgIpc) is 2.37. The van der Waals surface area contributed by atoms with Crippen molar-refractivity contribution in [2.45, 2.75) is 33.3 Å². The van der Waals surface area contributed by atoms with Crippen molar-refractivity contribution < 1.29 is 9.53 Å². The van der Waals surface area contributed by atoms with Gasteiger partial charge < -0.3 is 4.74 Å². The summed E-state index contributed by atoms with van der Waals surface area (Å²) in [5, 5.41) is 0. The molecule has 0 saturated heterocycles. The molecule has 0 heterocycles. The topological polar surface area (TPSA) is 26.3 Å². The van der Waals surface area contributed by atoms with Gasteiger partial charge in [-0.1, -0.05) is 50.8 Å². The zero-order valence-electron chi connectivity index (χ0n) is 10.8. The van der Waals surface area contributed by atoms with E-state index in [-0.39, 0.29) is 18.0 Å². The van der Waals surface area contributed by atoms with E-state index in [1.165, 1.54) is 0 Å². The Bertz CT molecular complexity index is 381. The van der Waals surface area contributed by atoms with Crippen molar-refractivity contribution in [2.75, 3.05) is 0 Å². The van der Waals surface area contributed by atoms with Gasteiger partial charge in [-0.15, -0.1) is 0 Å². The smallest absolute Gasteiger partial charge is 0.334 e. The van der Waals surface area contributed by atoms with Gasteiger partial charge in [-0.25, -0.2) is 4.79 Å². The van der Waals surface area contributed by atoms with Gasteiger partial charge in [0.1, 0.15) is 6.10 Å². The van der Waals surface area contributed by atoms with Crippen LogP contribution >= 0.6 is 0 Å². The summed E-state index contributed by atoms with van der Waals surface area (Å²) in [5.41, 5.74) is 1.55. The first-order valence-electron chi connectivity index (χ1n) is 6.01. The molecule has 0 aliphatic carbocycles. The first-order chi connectivity index (χ1) is 8.06. The normalized spacial score (nSPS) is 13.8. The highest BCUT2D eigenvalue weighted by Crippen LogP contribution is 2.20. The van der Waals surface area contributed by atoms with E-state index in [0.717, 1.165) is 12.0 Å². The van der Waals surface area contributed by atoms with Crippen molar-refractivity contribution in [1.82, 2.24) is 0 Å². The quantitative estimate of drug-likeness (QED) is 0.568. The zero-order valence-corrected chi connectivity index (χ0v) is 10.8. The number of rotatable bonds is 5. The monoisotopic (exact) mass is 232 g/mol. The van der Waals surface area contributed by atoms with E-state index in [1.54, 1.807) is 0 Å². The van der Waals surface area contributed by atoms with E-state index in [4.69, 9.17) is 4.74 Å². The van der Waals surface area contributed by atoms with Crippen LogP contribution in [-0.2, 0) is 9.53 Å². The molecule has 0 aliphatic rings. The van der Waals surface area contributed by atoms with Gasteiger partial charge in [-0.05, 0) is 24.8 Å². The number of ether oxygens (including phenoxy) is 1. The van der Waals surface area contributed by atoms with Crippen LogP contribution in [0.1, 0.15) is 38.9 Å². The van der Waals surface area contributed by atoms with Gasteiger partial charge in [0, 0.05) is 5.57 Å². The molecule has 0 aliphatic heterocycles. The van der Waals surface area contributed by atoms with Crippen LogP contribution in [0.15, 0.2) is 42.5 Å². The molecule has 17 heavy (non-hydrogen) atoms. The molecular formula is C15H20O2.